The summed E-state index contributed by atoms with van der Waals surface area (Å²) in [6, 6.07) is 0. The molecule has 0 amide bonds. The Morgan fingerprint density at radius 3 is 1.60 bits per heavy atom. The van der Waals surface area contributed by atoms with Crippen LogP contribution in [0.3, 0.4) is 0 Å². The van der Waals surface area contributed by atoms with Gasteiger partial charge in [-0.3, -0.25) is 0 Å². The fourth-order valence-electron chi connectivity index (χ4n) is 0.793. The molecule has 0 unspecified atom stereocenters. The molecule has 0 aromatic heterocycles. The molecular weight excluding hydrogens is 276 g/mol. The van der Waals surface area contributed by atoms with E-state index in [1.54, 1.807) is 0 Å². The summed E-state index contributed by atoms with van der Waals surface area (Å²) in [5.41, 5.74) is 0. The zero-order valence-electron chi connectivity index (χ0n) is 10.9. The molecule has 92 valence electrons. The molecule has 0 spiro atoms. The lowest BCUT2D eigenvalue weighted by Crippen LogP contribution is -2.45. The zero-order chi connectivity index (χ0) is 12.1. The lowest BCUT2D eigenvalue weighted by Gasteiger charge is -2.29. The van der Waals surface area contributed by atoms with Crippen LogP contribution in [0.15, 0.2) is 0 Å². The SMILES string of the molecule is C[Si](C)(C)O[SiH](O[SiH2]O[SiH3])O[Si](C)(C)C. The van der Waals surface area contributed by atoms with E-state index in [4.69, 9.17) is 16.5 Å². The van der Waals surface area contributed by atoms with Crippen molar-refractivity contribution in [2.24, 2.45) is 0 Å². The highest BCUT2D eigenvalue weighted by atomic mass is 28.5. The summed E-state index contributed by atoms with van der Waals surface area (Å²) in [5.74, 6) is 0. The smallest absolute Gasteiger partial charge is 0.449 e. The van der Waals surface area contributed by atoms with Crippen LogP contribution in [0, 0.1) is 0 Å². The zero-order valence-corrected chi connectivity index (χ0v) is 17.5. The first-order valence-corrected chi connectivity index (χ1v) is 15.3. The fourth-order valence-corrected chi connectivity index (χ4v) is 10.0. The third-order valence-corrected chi connectivity index (χ3v) is 11.0. The minimum absolute atomic E-state index is 0.749. The molecule has 9 heteroatoms. The van der Waals surface area contributed by atoms with Crippen LogP contribution in [0.2, 0.25) is 39.3 Å². The quantitative estimate of drug-likeness (QED) is 0.606. The highest BCUT2D eigenvalue weighted by Crippen LogP contribution is 2.11. The highest BCUT2D eigenvalue weighted by Gasteiger charge is 2.29. The van der Waals surface area contributed by atoms with Crippen LogP contribution >= 0.6 is 0 Å². The van der Waals surface area contributed by atoms with Gasteiger partial charge in [-0.1, -0.05) is 0 Å². The van der Waals surface area contributed by atoms with Crippen LogP contribution in [0.5, 0.6) is 0 Å². The van der Waals surface area contributed by atoms with Gasteiger partial charge >= 0.3 is 9.53 Å². The Bertz CT molecular complexity index is 161. The van der Waals surface area contributed by atoms with Crippen LogP contribution < -0.4 is 0 Å². The van der Waals surface area contributed by atoms with Crippen molar-refractivity contribution in [2.75, 3.05) is 0 Å². The Labute approximate surface area is 102 Å². The molecule has 0 aliphatic rings. The van der Waals surface area contributed by atoms with Gasteiger partial charge in [-0.2, -0.15) is 0 Å². The molecule has 0 rings (SSSR count). The largest absolute Gasteiger partial charge is 0.453 e. The normalized spacial score (nSPS) is 14.6. The van der Waals surface area contributed by atoms with Crippen LogP contribution in [0.1, 0.15) is 0 Å². The van der Waals surface area contributed by atoms with Gasteiger partial charge in [-0.25, -0.2) is 0 Å². The summed E-state index contributed by atoms with van der Waals surface area (Å²) >= 11 is 0. The van der Waals surface area contributed by atoms with Gasteiger partial charge in [0.1, 0.15) is 10.5 Å². The molecule has 0 aromatic rings. The summed E-state index contributed by atoms with van der Waals surface area (Å²) in [6.45, 7) is 13.0. The summed E-state index contributed by atoms with van der Waals surface area (Å²) in [4.78, 5) is 0. The molecule has 0 atom stereocenters. The van der Waals surface area contributed by atoms with E-state index < -0.39 is 36.2 Å². The summed E-state index contributed by atoms with van der Waals surface area (Å²) in [6.07, 6.45) is 0. The van der Waals surface area contributed by atoms with Crippen molar-refractivity contribution in [3.8, 4) is 0 Å². The monoisotopic (exact) mass is 300 g/mol. The second-order valence-corrected chi connectivity index (χ2v) is 20.1. The first-order valence-electron chi connectivity index (χ1n) is 5.10. The van der Waals surface area contributed by atoms with Gasteiger partial charge in [0.2, 0.25) is 0 Å². The first kappa shape index (κ1) is 15.9. The maximum atomic E-state index is 5.95. The number of hydrogen-bond acceptors (Lipinski definition) is 4. The molecular formula is C6H24O4Si5. The maximum absolute atomic E-state index is 5.95. The van der Waals surface area contributed by atoms with E-state index in [0.29, 0.717) is 0 Å². The Morgan fingerprint density at radius 2 is 1.33 bits per heavy atom. The molecule has 15 heavy (non-hydrogen) atoms. The molecule has 0 fully saturated rings. The van der Waals surface area contributed by atoms with E-state index >= 15 is 0 Å². The fraction of sp³-hybridized carbons (Fsp3) is 1.00. The Balaban J connectivity index is 4.19. The van der Waals surface area contributed by atoms with Crippen LogP contribution in [-0.4, -0.2) is 46.7 Å². The van der Waals surface area contributed by atoms with Gasteiger partial charge in [0.05, 0.1) is 0 Å². The van der Waals surface area contributed by atoms with Gasteiger partial charge in [-0.15, -0.1) is 0 Å². The van der Waals surface area contributed by atoms with Crippen LogP contribution in [-0.2, 0) is 16.5 Å². The van der Waals surface area contributed by atoms with Crippen molar-refractivity contribution in [1.29, 1.82) is 0 Å². The number of hydrogen-bond donors (Lipinski definition) is 0. The Morgan fingerprint density at radius 1 is 0.933 bits per heavy atom. The average Bonchev–Trinajstić information content (AvgIpc) is 1.94. The van der Waals surface area contributed by atoms with E-state index in [0.717, 1.165) is 10.5 Å². The molecule has 0 N–H and O–H groups in total. The topological polar surface area (TPSA) is 36.9 Å². The molecule has 0 aliphatic carbocycles. The van der Waals surface area contributed by atoms with Gasteiger partial charge in [0.25, 0.3) is 10.0 Å². The molecule has 0 saturated heterocycles. The molecule has 0 bridgehead atoms. The molecule has 0 aliphatic heterocycles. The minimum Gasteiger partial charge on any atom is -0.449 e. The average molecular weight is 301 g/mol. The van der Waals surface area contributed by atoms with E-state index in [9.17, 15) is 0 Å². The Hall–Kier alpha value is 0.924. The van der Waals surface area contributed by atoms with E-state index in [-0.39, 0.29) is 0 Å². The van der Waals surface area contributed by atoms with Gasteiger partial charge in [-0.05, 0) is 39.3 Å². The second-order valence-electron chi connectivity index (χ2n) is 5.32. The van der Waals surface area contributed by atoms with E-state index in [2.05, 4.69) is 39.3 Å². The molecule has 0 saturated carbocycles. The standard InChI is InChI=1S/C6H24O4Si5/c1-14(2,3)9-13(8-12-7-11)10-15(4,5)6/h13H,12H2,1-6,11H3. The second kappa shape index (κ2) is 6.61. The van der Waals surface area contributed by atoms with Crippen molar-refractivity contribution in [3.63, 3.8) is 0 Å². The summed E-state index contributed by atoms with van der Waals surface area (Å²) < 4.78 is 22.7. The van der Waals surface area contributed by atoms with Crippen molar-refractivity contribution in [3.05, 3.63) is 0 Å². The molecule has 0 heterocycles. The first-order chi connectivity index (χ1) is 6.64. The predicted molar refractivity (Wildman–Crippen MR) is 76.7 cm³/mol. The minimum atomic E-state index is -1.92. The van der Waals surface area contributed by atoms with Crippen LogP contribution in [0.4, 0.5) is 0 Å². The van der Waals surface area contributed by atoms with E-state index in [1.165, 1.54) is 0 Å². The highest BCUT2D eigenvalue weighted by molar-refractivity contribution is 6.80. The van der Waals surface area contributed by atoms with Crippen molar-refractivity contribution >= 4 is 46.7 Å². The summed E-state index contributed by atoms with van der Waals surface area (Å²) in [5, 5.41) is 0. The predicted octanol–water partition coefficient (Wildman–Crippen LogP) is -0.281. The summed E-state index contributed by atoms with van der Waals surface area (Å²) in [7, 11) is -5.13. The third-order valence-electron chi connectivity index (χ3n) is 1.22. The maximum Gasteiger partial charge on any atom is 0.453 e. The molecule has 0 radical (unpaired) electrons. The van der Waals surface area contributed by atoms with Gasteiger partial charge in [0, 0.05) is 0 Å². The molecule has 4 nitrogen and oxygen atoms in total. The third kappa shape index (κ3) is 11.2. The van der Waals surface area contributed by atoms with Gasteiger partial charge < -0.3 is 16.5 Å². The lowest BCUT2D eigenvalue weighted by molar-refractivity contribution is 0.293. The van der Waals surface area contributed by atoms with Crippen molar-refractivity contribution in [2.45, 2.75) is 39.3 Å². The van der Waals surface area contributed by atoms with Gasteiger partial charge in [0.15, 0.2) is 16.6 Å². The van der Waals surface area contributed by atoms with Crippen molar-refractivity contribution < 1.29 is 16.5 Å². The number of rotatable bonds is 7. The Kier molecular flexibility index (Phi) is 7.02. The van der Waals surface area contributed by atoms with Crippen LogP contribution in [0.25, 0.3) is 0 Å². The lowest BCUT2D eigenvalue weighted by atomic mass is 11.8. The molecule has 0 aromatic carbocycles. The van der Waals surface area contributed by atoms with Crippen molar-refractivity contribution in [1.82, 2.24) is 0 Å². The van der Waals surface area contributed by atoms with E-state index in [1.807, 2.05) is 0 Å².